The summed E-state index contributed by atoms with van der Waals surface area (Å²) < 4.78 is 0. The zero-order chi connectivity index (χ0) is 9.14. The Morgan fingerprint density at radius 2 is 1.92 bits per heavy atom. The Morgan fingerprint density at radius 1 is 1.33 bits per heavy atom. The highest BCUT2D eigenvalue weighted by molar-refractivity contribution is 4.85. The number of hydrogen-bond acceptors (Lipinski definition) is 1. The predicted molar refractivity (Wildman–Crippen MR) is 54.2 cm³/mol. The number of nitrogens with one attached hydrogen (secondary N) is 1. The third kappa shape index (κ3) is 2.48. The number of rotatable bonds is 4. The first-order valence-electron chi connectivity index (χ1n) is 5.39. The third-order valence-corrected chi connectivity index (χ3v) is 3.07. The minimum absolute atomic E-state index is 0.738. The largest absolute Gasteiger partial charge is 0.311 e. The van der Waals surface area contributed by atoms with Gasteiger partial charge in [0, 0.05) is 12.1 Å². The van der Waals surface area contributed by atoms with Crippen LogP contribution in [0.15, 0.2) is 0 Å². The summed E-state index contributed by atoms with van der Waals surface area (Å²) in [6.07, 6.45) is 4.05. The Balaban J connectivity index is 2.19. The van der Waals surface area contributed by atoms with Crippen molar-refractivity contribution in [2.75, 3.05) is 0 Å². The normalized spacial score (nSPS) is 31.8. The fraction of sp³-hybridized carbons (Fsp3) is 1.00. The molecule has 1 rings (SSSR count). The van der Waals surface area contributed by atoms with Gasteiger partial charge in [-0.3, -0.25) is 0 Å². The first-order chi connectivity index (χ1) is 5.63. The fourth-order valence-corrected chi connectivity index (χ4v) is 2.12. The van der Waals surface area contributed by atoms with Crippen LogP contribution in [0.25, 0.3) is 0 Å². The highest BCUT2D eigenvalue weighted by Crippen LogP contribution is 2.27. The van der Waals surface area contributed by atoms with Crippen LogP contribution in [0.1, 0.15) is 47.0 Å². The SMILES string of the molecule is CCC(NC1CC(C)C1)C(C)C. The summed E-state index contributed by atoms with van der Waals surface area (Å²) in [5, 5.41) is 3.73. The summed E-state index contributed by atoms with van der Waals surface area (Å²) in [6.45, 7) is 9.24. The lowest BCUT2D eigenvalue weighted by atomic mass is 9.81. The summed E-state index contributed by atoms with van der Waals surface area (Å²) in [7, 11) is 0. The molecule has 0 aliphatic heterocycles. The van der Waals surface area contributed by atoms with E-state index in [1.807, 2.05) is 0 Å². The summed E-state index contributed by atoms with van der Waals surface area (Å²) in [4.78, 5) is 0. The van der Waals surface area contributed by atoms with Gasteiger partial charge < -0.3 is 5.32 Å². The van der Waals surface area contributed by atoms with E-state index in [4.69, 9.17) is 0 Å². The maximum Gasteiger partial charge on any atom is 0.00900 e. The molecule has 1 unspecified atom stereocenters. The van der Waals surface area contributed by atoms with Crippen molar-refractivity contribution in [2.45, 2.75) is 59.0 Å². The van der Waals surface area contributed by atoms with Crippen molar-refractivity contribution < 1.29 is 0 Å². The Kier molecular flexibility index (Phi) is 3.57. The van der Waals surface area contributed by atoms with Gasteiger partial charge in [0.1, 0.15) is 0 Å². The molecule has 1 heteroatoms. The molecule has 12 heavy (non-hydrogen) atoms. The molecule has 0 aromatic rings. The highest BCUT2D eigenvalue weighted by atomic mass is 15.0. The van der Waals surface area contributed by atoms with Gasteiger partial charge in [-0.1, -0.05) is 27.7 Å². The monoisotopic (exact) mass is 169 g/mol. The summed E-state index contributed by atoms with van der Waals surface area (Å²) in [5.41, 5.74) is 0. The average Bonchev–Trinajstić information content (AvgIpc) is 1.95. The lowest BCUT2D eigenvalue weighted by Gasteiger charge is -2.37. The van der Waals surface area contributed by atoms with Crippen molar-refractivity contribution >= 4 is 0 Å². The minimum Gasteiger partial charge on any atom is -0.311 e. The second-order valence-electron chi connectivity index (χ2n) is 4.70. The maximum absolute atomic E-state index is 3.73. The molecule has 1 atom stereocenters. The topological polar surface area (TPSA) is 12.0 Å². The molecule has 0 bridgehead atoms. The average molecular weight is 169 g/mol. The molecule has 0 aromatic carbocycles. The molecule has 0 spiro atoms. The quantitative estimate of drug-likeness (QED) is 0.682. The standard InChI is InChI=1S/C11H23N/c1-5-11(8(2)3)12-10-6-9(4)7-10/h8-12H,5-7H2,1-4H3. The van der Waals surface area contributed by atoms with E-state index in [9.17, 15) is 0 Å². The molecule has 0 amide bonds. The fourth-order valence-electron chi connectivity index (χ4n) is 2.12. The van der Waals surface area contributed by atoms with Gasteiger partial charge in [0.2, 0.25) is 0 Å². The molecule has 1 fully saturated rings. The van der Waals surface area contributed by atoms with Crippen LogP contribution in [0.5, 0.6) is 0 Å². The van der Waals surface area contributed by atoms with E-state index in [0.717, 1.165) is 23.9 Å². The van der Waals surface area contributed by atoms with Crippen molar-refractivity contribution in [3.63, 3.8) is 0 Å². The van der Waals surface area contributed by atoms with Crippen molar-refractivity contribution in [3.8, 4) is 0 Å². The molecule has 0 saturated heterocycles. The maximum atomic E-state index is 3.73. The molecular weight excluding hydrogens is 146 g/mol. The molecule has 0 radical (unpaired) electrons. The minimum atomic E-state index is 0.738. The number of hydrogen-bond donors (Lipinski definition) is 1. The van der Waals surface area contributed by atoms with Gasteiger partial charge in [0.15, 0.2) is 0 Å². The van der Waals surface area contributed by atoms with E-state index >= 15 is 0 Å². The first kappa shape index (κ1) is 10.0. The van der Waals surface area contributed by atoms with Gasteiger partial charge in [-0.25, -0.2) is 0 Å². The van der Waals surface area contributed by atoms with Crippen LogP contribution in [0.2, 0.25) is 0 Å². The van der Waals surface area contributed by atoms with Crippen LogP contribution in [-0.2, 0) is 0 Å². The molecule has 72 valence electrons. The van der Waals surface area contributed by atoms with E-state index in [-0.39, 0.29) is 0 Å². The van der Waals surface area contributed by atoms with Crippen molar-refractivity contribution in [1.82, 2.24) is 5.32 Å². The molecule has 1 saturated carbocycles. The van der Waals surface area contributed by atoms with Crippen LogP contribution >= 0.6 is 0 Å². The molecule has 1 aliphatic rings. The second-order valence-corrected chi connectivity index (χ2v) is 4.70. The molecule has 1 nitrogen and oxygen atoms in total. The summed E-state index contributed by atoms with van der Waals surface area (Å²) in [5.74, 6) is 1.75. The summed E-state index contributed by atoms with van der Waals surface area (Å²) >= 11 is 0. The van der Waals surface area contributed by atoms with E-state index in [2.05, 4.69) is 33.0 Å². The van der Waals surface area contributed by atoms with Gasteiger partial charge in [-0.15, -0.1) is 0 Å². The van der Waals surface area contributed by atoms with Crippen molar-refractivity contribution in [3.05, 3.63) is 0 Å². The molecule has 1 aliphatic carbocycles. The Labute approximate surface area is 76.9 Å². The van der Waals surface area contributed by atoms with Gasteiger partial charge in [-0.05, 0) is 31.1 Å². The Hall–Kier alpha value is -0.0400. The molecule has 0 heterocycles. The summed E-state index contributed by atoms with van der Waals surface area (Å²) in [6, 6.07) is 1.56. The van der Waals surface area contributed by atoms with E-state index in [1.165, 1.54) is 19.3 Å². The zero-order valence-electron chi connectivity index (χ0n) is 8.93. The van der Waals surface area contributed by atoms with Crippen molar-refractivity contribution in [1.29, 1.82) is 0 Å². The van der Waals surface area contributed by atoms with Gasteiger partial charge in [-0.2, -0.15) is 0 Å². The van der Waals surface area contributed by atoms with E-state index < -0.39 is 0 Å². The first-order valence-corrected chi connectivity index (χ1v) is 5.39. The van der Waals surface area contributed by atoms with Crippen LogP contribution in [-0.4, -0.2) is 12.1 Å². The van der Waals surface area contributed by atoms with Crippen LogP contribution in [0, 0.1) is 11.8 Å². The van der Waals surface area contributed by atoms with Crippen LogP contribution in [0.3, 0.4) is 0 Å². The highest BCUT2D eigenvalue weighted by Gasteiger charge is 2.27. The Bertz CT molecular complexity index is 125. The van der Waals surface area contributed by atoms with Gasteiger partial charge in [0.25, 0.3) is 0 Å². The van der Waals surface area contributed by atoms with E-state index in [0.29, 0.717) is 0 Å². The lowest BCUT2D eigenvalue weighted by Crippen LogP contribution is -2.47. The molecular formula is C11H23N. The molecule has 1 N–H and O–H groups in total. The second kappa shape index (κ2) is 4.27. The van der Waals surface area contributed by atoms with E-state index in [1.54, 1.807) is 0 Å². The van der Waals surface area contributed by atoms with Crippen LogP contribution < -0.4 is 5.32 Å². The predicted octanol–water partition coefficient (Wildman–Crippen LogP) is 2.81. The van der Waals surface area contributed by atoms with Crippen LogP contribution in [0.4, 0.5) is 0 Å². The van der Waals surface area contributed by atoms with Crippen molar-refractivity contribution in [2.24, 2.45) is 11.8 Å². The van der Waals surface area contributed by atoms with Gasteiger partial charge in [0.05, 0.1) is 0 Å². The lowest BCUT2D eigenvalue weighted by molar-refractivity contribution is 0.202. The third-order valence-electron chi connectivity index (χ3n) is 3.07. The molecule has 0 aromatic heterocycles. The van der Waals surface area contributed by atoms with Gasteiger partial charge >= 0.3 is 0 Å². The Morgan fingerprint density at radius 3 is 2.25 bits per heavy atom. The zero-order valence-corrected chi connectivity index (χ0v) is 8.93. The smallest absolute Gasteiger partial charge is 0.00900 e.